The van der Waals surface area contributed by atoms with Crippen LogP contribution in [0.2, 0.25) is 0 Å². The van der Waals surface area contributed by atoms with E-state index in [9.17, 15) is 9.59 Å². The summed E-state index contributed by atoms with van der Waals surface area (Å²) in [5, 5.41) is 0. The van der Waals surface area contributed by atoms with Gasteiger partial charge in [0.1, 0.15) is 0 Å². The molecule has 0 radical (unpaired) electrons. The van der Waals surface area contributed by atoms with Gasteiger partial charge in [0.25, 0.3) is 0 Å². The van der Waals surface area contributed by atoms with Crippen molar-refractivity contribution < 1.29 is 9.59 Å². The predicted molar refractivity (Wildman–Crippen MR) is 70.3 cm³/mol. The van der Waals surface area contributed by atoms with E-state index in [4.69, 9.17) is 0 Å². The highest BCUT2D eigenvalue weighted by atomic mass is 16.1. The van der Waals surface area contributed by atoms with Crippen LogP contribution >= 0.6 is 0 Å². The molecule has 0 fully saturated rings. The summed E-state index contributed by atoms with van der Waals surface area (Å²) in [6.07, 6.45) is 2.32. The first-order chi connectivity index (χ1) is 8.54. The quantitative estimate of drug-likeness (QED) is 0.663. The van der Waals surface area contributed by atoms with E-state index < -0.39 is 0 Å². The van der Waals surface area contributed by atoms with Crippen LogP contribution in [-0.2, 0) is 0 Å². The summed E-state index contributed by atoms with van der Waals surface area (Å²) in [7, 11) is 0. The molecule has 2 aromatic rings. The third-order valence-corrected chi connectivity index (χ3v) is 3.16. The standard InChI is InChI=1S/C15H15NO2/c1-9-4-5-13(10(2)6-9)15(18)14-11(3)12(8-17)7-16-14/h4-8,16H,1-3H3. The molecule has 0 unspecified atom stereocenters. The highest BCUT2D eigenvalue weighted by Crippen LogP contribution is 2.18. The lowest BCUT2D eigenvalue weighted by Gasteiger charge is -2.05. The second kappa shape index (κ2) is 4.61. The predicted octanol–water partition coefficient (Wildman–Crippen LogP) is 2.98. The van der Waals surface area contributed by atoms with Crippen LogP contribution in [0.25, 0.3) is 0 Å². The number of hydrogen-bond acceptors (Lipinski definition) is 2. The van der Waals surface area contributed by atoms with Gasteiger partial charge in [-0.05, 0) is 31.9 Å². The third kappa shape index (κ3) is 1.99. The molecule has 3 nitrogen and oxygen atoms in total. The molecule has 0 bridgehead atoms. The molecule has 0 aliphatic carbocycles. The molecule has 1 aromatic carbocycles. The monoisotopic (exact) mass is 241 g/mol. The van der Waals surface area contributed by atoms with E-state index in [0.29, 0.717) is 22.4 Å². The summed E-state index contributed by atoms with van der Waals surface area (Å²) in [5.74, 6) is -0.0712. The van der Waals surface area contributed by atoms with Crippen molar-refractivity contribution in [2.75, 3.05) is 0 Å². The second-order valence-electron chi connectivity index (χ2n) is 4.51. The zero-order valence-corrected chi connectivity index (χ0v) is 10.7. The number of nitrogens with one attached hydrogen (secondary N) is 1. The topological polar surface area (TPSA) is 49.9 Å². The fourth-order valence-corrected chi connectivity index (χ4v) is 2.07. The number of ketones is 1. The molecule has 18 heavy (non-hydrogen) atoms. The van der Waals surface area contributed by atoms with Crippen LogP contribution in [0.3, 0.4) is 0 Å². The first-order valence-corrected chi connectivity index (χ1v) is 5.79. The molecule has 0 atom stereocenters. The Morgan fingerprint density at radius 2 is 1.94 bits per heavy atom. The average Bonchev–Trinajstić information content (AvgIpc) is 2.69. The van der Waals surface area contributed by atoms with Crippen molar-refractivity contribution in [3.05, 3.63) is 57.9 Å². The van der Waals surface area contributed by atoms with Crippen molar-refractivity contribution in [3.63, 3.8) is 0 Å². The minimum atomic E-state index is -0.0712. The highest BCUT2D eigenvalue weighted by molar-refractivity contribution is 6.10. The van der Waals surface area contributed by atoms with Crippen LogP contribution in [0.4, 0.5) is 0 Å². The summed E-state index contributed by atoms with van der Waals surface area (Å²) in [6.45, 7) is 5.68. The fraction of sp³-hybridized carbons (Fsp3) is 0.200. The molecule has 0 aliphatic heterocycles. The lowest BCUT2D eigenvalue weighted by Crippen LogP contribution is -2.06. The largest absolute Gasteiger partial charge is 0.358 e. The van der Waals surface area contributed by atoms with Crippen molar-refractivity contribution in [3.8, 4) is 0 Å². The van der Waals surface area contributed by atoms with Crippen LogP contribution < -0.4 is 0 Å². The van der Waals surface area contributed by atoms with Crippen molar-refractivity contribution in [1.82, 2.24) is 4.98 Å². The van der Waals surface area contributed by atoms with E-state index in [0.717, 1.165) is 17.4 Å². The molecule has 1 heterocycles. The van der Waals surface area contributed by atoms with Crippen molar-refractivity contribution in [2.24, 2.45) is 0 Å². The molecular formula is C15H15NO2. The van der Waals surface area contributed by atoms with Crippen molar-refractivity contribution in [1.29, 1.82) is 0 Å². The molecule has 3 heteroatoms. The van der Waals surface area contributed by atoms with Crippen LogP contribution in [0.1, 0.15) is 43.1 Å². The molecule has 0 amide bonds. The lowest BCUT2D eigenvalue weighted by molar-refractivity contribution is 0.103. The van der Waals surface area contributed by atoms with Gasteiger partial charge in [-0.25, -0.2) is 0 Å². The van der Waals surface area contributed by atoms with Crippen molar-refractivity contribution >= 4 is 12.1 Å². The molecule has 92 valence electrons. The van der Waals surface area contributed by atoms with E-state index in [2.05, 4.69) is 4.98 Å². The Balaban J connectivity index is 2.48. The minimum absolute atomic E-state index is 0.0712. The van der Waals surface area contributed by atoms with E-state index >= 15 is 0 Å². The number of aldehydes is 1. The van der Waals surface area contributed by atoms with Gasteiger partial charge in [0.15, 0.2) is 6.29 Å². The summed E-state index contributed by atoms with van der Waals surface area (Å²) < 4.78 is 0. The van der Waals surface area contributed by atoms with Crippen LogP contribution in [0, 0.1) is 20.8 Å². The first kappa shape index (κ1) is 12.3. The average molecular weight is 241 g/mol. The number of aromatic amines is 1. The summed E-state index contributed by atoms with van der Waals surface area (Å²) in [6, 6.07) is 5.72. The number of aromatic nitrogens is 1. The molecule has 1 aromatic heterocycles. The maximum absolute atomic E-state index is 12.4. The SMILES string of the molecule is Cc1ccc(C(=O)c2[nH]cc(C=O)c2C)c(C)c1. The zero-order valence-electron chi connectivity index (χ0n) is 10.7. The van der Waals surface area contributed by atoms with Gasteiger partial charge in [-0.1, -0.05) is 23.8 Å². The molecule has 0 spiro atoms. The van der Waals surface area contributed by atoms with Crippen LogP contribution in [0.15, 0.2) is 24.4 Å². The normalized spacial score (nSPS) is 10.4. The maximum atomic E-state index is 12.4. The van der Waals surface area contributed by atoms with Gasteiger partial charge in [-0.3, -0.25) is 9.59 Å². The highest BCUT2D eigenvalue weighted by Gasteiger charge is 2.17. The smallest absolute Gasteiger partial charge is 0.209 e. The molecule has 1 N–H and O–H groups in total. The fourth-order valence-electron chi connectivity index (χ4n) is 2.07. The van der Waals surface area contributed by atoms with Gasteiger partial charge in [0.05, 0.1) is 5.69 Å². The van der Waals surface area contributed by atoms with Gasteiger partial charge in [-0.2, -0.15) is 0 Å². The maximum Gasteiger partial charge on any atom is 0.209 e. The van der Waals surface area contributed by atoms with Gasteiger partial charge >= 0.3 is 0 Å². The second-order valence-corrected chi connectivity index (χ2v) is 4.51. The molecular weight excluding hydrogens is 226 g/mol. The Hall–Kier alpha value is -2.16. The summed E-state index contributed by atoms with van der Waals surface area (Å²) in [4.78, 5) is 26.0. The molecule has 0 aliphatic rings. The van der Waals surface area contributed by atoms with Crippen LogP contribution in [-0.4, -0.2) is 17.1 Å². The Kier molecular flexibility index (Phi) is 3.15. The van der Waals surface area contributed by atoms with E-state index in [-0.39, 0.29) is 5.78 Å². The van der Waals surface area contributed by atoms with Gasteiger partial charge in [0, 0.05) is 17.3 Å². The number of H-pyrrole nitrogens is 1. The number of carbonyl (C=O) groups is 2. The molecule has 0 saturated heterocycles. The lowest BCUT2D eigenvalue weighted by atomic mass is 9.98. The zero-order chi connectivity index (χ0) is 13.3. The third-order valence-electron chi connectivity index (χ3n) is 3.16. The Morgan fingerprint density at radius 1 is 1.22 bits per heavy atom. The van der Waals surface area contributed by atoms with Crippen molar-refractivity contribution in [2.45, 2.75) is 20.8 Å². The molecule has 2 rings (SSSR count). The summed E-state index contributed by atoms with van der Waals surface area (Å²) in [5.41, 5.74) is 4.47. The number of aryl methyl sites for hydroxylation is 2. The molecule has 0 saturated carbocycles. The number of benzene rings is 1. The Labute approximate surface area is 106 Å². The van der Waals surface area contributed by atoms with Gasteiger partial charge in [0.2, 0.25) is 5.78 Å². The van der Waals surface area contributed by atoms with Gasteiger partial charge in [-0.15, -0.1) is 0 Å². The number of carbonyl (C=O) groups excluding carboxylic acids is 2. The summed E-state index contributed by atoms with van der Waals surface area (Å²) >= 11 is 0. The number of rotatable bonds is 3. The number of hydrogen-bond donors (Lipinski definition) is 1. The van der Waals surface area contributed by atoms with Crippen LogP contribution in [0.5, 0.6) is 0 Å². The van der Waals surface area contributed by atoms with Gasteiger partial charge < -0.3 is 4.98 Å². The van der Waals surface area contributed by atoms with E-state index in [1.54, 1.807) is 13.1 Å². The first-order valence-electron chi connectivity index (χ1n) is 5.79. The minimum Gasteiger partial charge on any atom is -0.358 e. The van der Waals surface area contributed by atoms with E-state index in [1.807, 2.05) is 32.0 Å². The Bertz CT molecular complexity index is 623. The Morgan fingerprint density at radius 3 is 2.50 bits per heavy atom. The van der Waals surface area contributed by atoms with E-state index in [1.165, 1.54) is 0 Å².